The highest BCUT2D eigenvalue weighted by molar-refractivity contribution is 5.69. The summed E-state index contributed by atoms with van der Waals surface area (Å²) in [7, 11) is 2.17. The Bertz CT molecular complexity index is 329. The van der Waals surface area contributed by atoms with Gasteiger partial charge in [-0.1, -0.05) is 6.92 Å². The van der Waals surface area contributed by atoms with Gasteiger partial charge in [-0.05, 0) is 46.7 Å². The van der Waals surface area contributed by atoms with Crippen LogP contribution in [0.5, 0.6) is 0 Å². The maximum absolute atomic E-state index is 11.9. The molecular formula is C14H26N2O2. The number of rotatable bonds is 1. The first-order valence-electron chi connectivity index (χ1n) is 6.86. The summed E-state index contributed by atoms with van der Waals surface area (Å²) in [5.74, 6) is 0.723. The molecule has 2 aliphatic rings. The van der Waals surface area contributed by atoms with Crippen LogP contribution in [0.15, 0.2) is 0 Å². The Hall–Kier alpha value is -0.770. The van der Waals surface area contributed by atoms with Crippen molar-refractivity contribution in [3.8, 4) is 0 Å². The van der Waals surface area contributed by atoms with Crippen molar-refractivity contribution >= 4 is 6.09 Å². The summed E-state index contributed by atoms with van der Waals surface area (Å²) in [5, 5.41) is 0. The number of hydrogen-bond donors (Lipinski definition) is 0. The first-order valence-corrected chi connectivity index (χ1v) is 6.86. The first kappa shape index (κ1) is 13.7. The maximum Gasteiger partial charge on any atom is 0.410 e. The number of nitrogens with zero attached hydrogens (tertiary/aromatic N) is 2. The Morgan fingerprint density at radius 3 is 2.39 bits per heavy atom. The van der Waals surface area contributed by atoms with Gasteiger partial charge in [0.1, 0.15) is 5.60 Å². The molecule has 2 aliphatic heterocycles. The topological polar surface area (TPSA) is 32.8 Å². The Balaban J connectivity index is 1.84. The van der Waals surface area contributed by atoms with E-state index in [2.05, 4.69) is 18.9 Å². The summed E-state index contributed by atoms with van der Waals surface area (Å²) in [6, 6.07) is 0. The quantitative estimate of drug-likeness (QED) is 0.719. The number of ether oxygens (including phenoxy) is 1. The van der Waals surface area contributed by atoms with Crippen LogP contribution in [-0.2, 0) is 4.74 Å². The van der Waals surface area contributed by atoms with Crippen molar-refractivity contribution < 1.29 is 9.53 Å². The van der Waals surface area contributed by atoms with Gasteiger partial charge in [-0.25, -0.2) is 4.79 Å². The van der Waals surface area contributed by atoms with Crippen molar-refractivity contribution in [2.45, 2.75) is 39.7 Å². The highest BCUT2D eigenvalue weighted by Crippen LogP contribution is 2.42. The van der Waals surface area contributed by atoms with E-state index in [1.165, 1.54) is 19.5 Å². The Morgan fingerprint density at radius 1 is 1.33 bits per heavy atom. The number of carbonyl (C=O) groups excluding carboxylic acids is 1. The van der Waals surface area contributed by atoms with Crippen LogP contribution in [0.2, 0.25) is 0 Å². The van der Waals surface area contributed by atoms with Crippen molar-refractivity contribution in [2.75, 3.05) is 33.2 Å². The summed E-state index contributed by atoms with van der Waals surface area (Å²) in [6.45, 7) is 12.1. The van der Waals surface area contributed by atoms with Gasteiger partial charge in [-0.3, -0.25) is 0 Å². The van der Waals surface area contributed by atoms with Crippen molar-refractivity contribution in [1.29, 1.82) is 0 Å². The van der Waals surface area contributed by atoms with Gasteiger partial charge in [0, 0.05) is 25.0 Å². The zero-order valence-electron chi connectivity index (χ0n) is 12.3. The van der Waals surface area contributed by atoms with Gasteiger partial charge in [0.25, 0.3) is 0 Å². The molecule has 18 heavy (non-hydrogen) atoms. The fourth-order valence-electron chi connectivity index (χ4n) is 3.04. The molecule has 0 radical (unpaired) electrons. The van der Waals surface area contributed by atoms with Crippen LogP contribution >= 0.6 is 0 Å². The third-order valence-corrected chi connectivity index (χ3v) is 4.13. The van der Waals surface area contributed by atoms with Crippen molar-refractivity contribution in [1.82, 2.24) is 9.80 Å². The predicted octanol–water partition coefficient (Wildman–Crippen LogP) is 2.20. The number of likely N-dealkylation sites (tertiary alicyclic amines) is 2. The van der Waals surface area contributed by atoms with Gasteiger partial charge in [-0.15, -0.1) is 0 Å². The highest BCUT2D eigenvalue weighted by Gasteiger charge is 2.49. The van der Waals surface area contributed by atoms with Gasteiger partial charge < -0.3 is 14.5 Å². The second kappa shape index (κ2) is 4.41. The monoisotopic (exact) mass is 254 g/mol. The molecule has 0 aromatic rings. The molecule has 0 aromatic heterocycles. The normalized spacial score (nSPS) is 28.1. The summed E-state index contributed by atoms with van der Waals surface area (Å²) in [5.41, 5.74) is -0.0989. The molecule has 0 aliphatic carbocycles. The number of amides is 1. The lowest BCUT2D eigenvalue weighted by atomic mass is 9.70. The molecular weight excluding hydrogens is 228 g/mol. The molecule has 4 heteroatoms. The van der Waals surface area contributed by atoms with Gasteiger partial charge >= 0.3 is 6.09 Å². The molecule has 2 saturated heterocycles. The molecule has 0 bridgehead atoms. The molecule has 0 saturated carbocycles. The van der Waals surface area contributed by atoms with Gasteiger partial charge in [0.15, 0.2) is 0 Å². The third-order valence-electron chi connectivity index (χ3n) is 4.13. The zero-order valence-corrected chi connectivity index (χ0v) is 12.3. The fourth-order valence-corrected chi connectivity index (χ4v) is 3.04. The van der Waals surface area contributed by atoms with Crippen LogP contribution in [0.1, 0.15) is 34.1 Å². The first-order chi connectivity index (χ1) is 8.20. The SMILES string of the molecule is CN1CCC(C2(C)CN(C(=O)OC(C)(C)C)C2)C1. The largest absolute Gasteiger partial charge is 0.444 e. The predicted molar refractivity (Wildman–Crippen MR) is 71.5 cm³/mol. The molecule has 2 rings (SSSR count). The standard InChI is InChI=1S/C14H26N2O2/c1-13(2,3)18-12(17)16-9-14(4,10-16)11-6-7-15(5)8-11/h11H,6-10H2,1-5H3. The highest BCUT2D eigenvalue weighted by atomic mass is 16.6. The van der Waals surface area contributed by atoms with Gasteiger partial charge in [0.2, 0.25) is 0 Å². The Labute approximate surface area is 110 Å². The second-order valence-corrected chi connectivity index (χ2v) is 7.24. The average Bonchev–Trinajstić information content (AvgIpc) is 2.57. The Kier molecular flexibility index (Phi) is 3.34. The molecule has 0 spiro atoms. The van der Waals surface area contributed by atoms with E-state index in [-0.39, 0.29) is 6.09 Å². The lowest BCUT2D eigenvalue weighted by Crippen LogP contribution is -2.61. The lowest BCUT2D eigenvalue weighted by molar-refractivity contribution is -0.0489. The zero-order chi connectivity index (χ0) is 13.6. The maximum atomic E-state index is 11.9. The van der Waals surface area contributed by atoms with Crippen molar-refractivity contribution in [2.24, 2.45) is 11.3 Å². The van der Waals surface area contributed by atoms with Crippen LogP contribution in [0.25, 0.3) is 0 Å². The van der Waals surface area contributed by atoms with Gasteiger partial charge in [-0.2, -0.15) is 0 Å². The molecule has 2 heterocycles. The summed E-state index contributed by atoms with van der Waals surface area (Å²) < 4.78 is 5.40. The molecule has 4 nitrogen and oxygen atoms in total. The number of carbonyl (C=O) groups is 1. The van der Waals surface area contributed by atoms with Crippen LogP contribution < -0.4 is 0 Å². The minimum Gasteiger partial charge on any atom is -0.444 e. The van der Waals surface area contributed by atoms with E-state index in [4.69, 9.17) is 4.74 Å². The summed E-state index contributed by atoms with van der Waals surface area (Å²) >= 11 is 0. The minimum atomic E-state index is -0.392. The van der Waals surface area contributed by atoms with E-state index in [9.17, 15) is 4.79 Å². The smallest absolute Gasteiger partial charge is 0.410 e. The molecule has 1 unspecified atom stereocenters. The molecule has 1 amide bonds. The second-order valence-electron chi connectivity index (χ2n) is 7.24. The van der Waals surface area contributed by atoms with E-state index in [1.807, 2.05) is 25.7 Å². The third kappa shape index (κ3) is 2.79. The molecule has 0 N–H and O–H groups in total. The minimum absolute atomic E-state index is 0.161. The van der Waals surface area contributed by atoms with E-state index in [0.717, 1.165) is 19.0 Å². The number of hydrogen-bond acceptors (Lipinski definition) is 3. The molecule has 0 aromatic carbocycles. The van der Waals surface area contributed by atoms with Crippen LogP contribution in [-0.4, -0.2) is 54.7 Å². The van der Waals surface area contributed by atoms with E-state index >= 15 is 0 Å². The lowest BCUT2D eigenvalue weighted by Gasteiger charge is -2.51. The fraction of sp³-hybridized carbons (Fsp3) is 0.929. The summed E-state index contributed by atoms with van der Waals surface area (Å²) in [6.07, 6.45) is 1.10. The van der Waals surface area contributed by atoms with E-state index in [1.54, 1.807) is 0 Å². The van der Waals surface area contributed by atoms with Crippen molar-refractivity contribution in [3.05, 3.63) is 0 Å². The summed E-state index contributed by atoms with van der Waals surface area (Å²) in [4.78, 5) is 16.1. The average molecular weight is 254 g/mol. The molecule has 2 fully saturated rings. The molecule has 1 atom stereocenters. The Morgan fingerprint density at radius 2 is 1.94 bits per heavy atom. The molecule has 104 valence electrons. The van der Waals surface area contributed by atoms with E-state index in [0.29, 0.717) is 5.41 Å². The van der Waals surface area contributed by atoms with Crippen LogP contribution in [0.3, 0.4) is 0 Å². The van der Waals surface area contributed by atoms with Crippen LogP contribution in [0.4, 0.5) is 4.79 Å². The van der Waals surface area contributed by atoms with Gasteiger partial charge in [0.05, 0.1) is 0 Å². The van der Waals surface area contributed by atoms with Crippen LogP contribution in [0, 0.1) is 11.3 Å². The van der Waals surface area contributed by atoms with E-state index < -0.39 is 5.60 Å². The van der Waals surface area contributed by atoms with Crippen molar-refractivity contribution in [3.63, 3.8) is 0 Å².